The number of nitrogens with zero attached hydrogens (tertiary/aromatic N) is 1. The molecule has 1 aliphatic heterocycles. The Hall–Kier alpha value is -3.16. The van der Waals surface area contributed by atoms with Crippen LogP contribution < -0.4 is 26.4 Å². The average Bonchev–Trinajstić information content (AvgIpc) is 2.91. The van der Waals surface area contributed by atoms with Crippen molar-refractivity contribution in [1.29, 1.82) is 0 Å². The number of nitrogen functional groups attached to an aromatic ring is 1. The fourth-order valence-electron chi connectivity index (χ4n) is 1.98. The summed E-state index contributed by atoms with van der Waals surface area (Å²) in [4.78, 5) is 15.4. The van der Waals surface area contributed by atoms with Crippen molar-refractivity contribution in [2.45, 2.75) is 6.29 Å². The summed E-state index contributed by atoms with van der Waals surface area (Å²) in [6.07, 6.45) is 0.558. The molecule has 1 aromatic carbocycles. The molecule has 0 saturated heterocycles. The fourth-order valence-corrected chi connectivity index (χ4v) is 1.98. The second-order valence-corrected chi connectivity index (χ2v) is 4.60. The van der Waals surface area contributed by atoms with Crippen LogP contribution in [0.3, 0.4) is 0 Å². The van der Waals surface area contributed by atoms with Crippen molar-refractivity contribution >= 4 is 23.3 Å². The Balaban J connectivity index is 1.69. The molecule has 1 unspecified atom stereocenters. The zero-order valence-electron chi connectivity index (χ0n) is 11.8. The topological polar surface area (TPSA) is 111 Å². The van der Waals surface area contributed by atoms with Gasteiger partial charge >= 0.3 is 6.09 Å². The molecular formula is C14H15N5O3. The van der Waals surface area contributed by atoms with Gasteiger partial charge < -0.3 is 25.8 Å². The van der Waals surface area contributed by atoms with Crippen molar-refractivity contribution in [1.82, 2.24) is 10.3 Å². The Kier molecular flexibility index (Phi) is 3.57. The van der Waals surface area contributed by atoms with E-state index in [2.05, 4.69) is 25.7 Å². The zero-order valence-corrected chi connectivity index (χ0v) is 11.8. The van der Waals surface area contributed by atoms with Crippen LogP contribution in [0.4, 0.5) is 22.0 Å². The van der Waals surface area contributed by atoms with Crippen molar-refractivity contribution in [2.75, 3.05) is 23.5 Å². The van der Waals surface area contributed by atoms with Gasteiger partial charge in [0.2, 0.25) is 0 Å². The summed E-state index contributed by atoms with van der Waals surface area (Å²) >= 11 is 0. The number of methoxy groups -OCH3 is 1. The number of anilines is 3. The Labute approximate surface area is 126 Å². The largest absolute Gasteiger partial charge is 0.456 e. The van der Waals surface area contributed by atoms with E-state index < -0.39 is 12.4 Å². The lowest BCUT2D eigenvalue weighted by Crippen LogP contribution is -2.42. The van der Waals surface area contributed by atoms with E-state index in [1.165, 1.54) is 7.11 Å². The van der Waals surface area contributed by atoms with Crippen LogP contribution in [-0.2, 0) is 4.74 Å². The summed E-state index contributed by atoms with van der Waals surface area (Å²) in [7, 11) is 1.30. The summed E-state index contributed by atoms with van der Waals surface area (Å²) in [5.41, 5.74) is 7.01. The first kappa shape index (κ1) is 13.8. The highest BCUT2D eigenvalue weighted by atomic mass is 16.5. The van der Waals surface area contributed by atoms with Gasteiger partial charge in [-0.1, -0.05) is 0 Å². The summed E-state index contributed by atoms with van der Waals surface area (Å²) in [6, 6.07) is 8.84. The highest BCUT2D eigenvalue weighted by Crippen LogP contribution is 2.31. The number of pyridine rings is 1. The molecule has 1 aliphatic rings. The van der Waals surface area contributed by atoms with Gasteiger partial charge in [0, 0.05) is 11.8 Å². The molecule has 0 saturated carbocycles. The van der Waals surface area contributed by atoms with Crippen LogP contribution in [0.25, 0.3) is 0 Å². The van der Waals surface area contributed by atoms with Gasteiger partial charge in [-0.3, -0.25) is 5.32 Å². The maximum atomic E-state index is 11.2. The molecule has 1 atom stereocenters. The van der Waals surface area contributed by atoms with E-state index in [1.807, 2.05) is 0 Å². The monoisotopic (exact) mass is 301 g/mol. The molecule has 2 heterocycles. The maximum Gasteiger partial charge on any atom is 0.409 e. The molecule has 0 spiro atoms. The minimum absolute atomic E-state index is 0.485. The molecular weight excluding hydrogens is 286 g/mol. The predicted molar refractivity (Wildman–Crippen MR) is 81.7 cm³/mol. The van der Waals surface area contributed by atoms with Crippen LogP contribution in [0.15, 0.2) is 36.5 Å². The highest BCUT2D eigenvalue weighted by molar-refractivity contribution is 5.75. The van der Waals surface area contributed by atoms with Gasteiger partial charge in [0.25, 0.3) is 0 Å². The van der Waals surface area contributed by atoms with Crippen LogP contribution in [0.2, 0.25) is 0 Å². The molecule has 0 bridgehead atoms. The lowest BCUT2D eigenvalue weighted by atomic mass is 10.3. The molecule has 3 rings (SSSR count). The Bertz CT molecular complexity index is 689. The molecule has 8 nitrogen and oxygen atoms in total. The summed E-state index contributed by atoms with van der Waals surface area (Å²) in [5.74, 6) is 1.84. The smallest absolute Gasteiger partial charge is 0.409 e. The normalized spacial score (nSPS) is 15.2. The predicted octanol–water partition coefficient (Wildman–Crippen LogP) is 1.93. The molecule has 0 fully saturated rings. The lowest BCUT2D eigenvalue weighted by molar-refractivity contribution is 0.169. The molecule has 1 amide bonds. The highest BCUT2D eigenvalue weighted by Gasteiger charge is 2.22. The fraction of sp³-hybridized carbons (Fsp3) is 0.143. The number of nitrogens with one attached hydrogen (secondary N) is 3. The van der Waals surface area contributed by atoms with E-state index in [0.29, 0.717) is 28.7 Å². The molecule has 22 heavy (non-hydrogen) atoms. The molecule has 5 N–H and O–H groups in total. The number of fused-ring (bicyclic) bond motifs is 1. The zero-order chi connectivity index (χ0) is 15.5. The minimum Gasteiger partial charge on any atom is -0.456 e. The third kappa shape index (κ3) is 2.95. The molecule has 8 heteroatoms. The lowest BCUT2D eigenvalue weighted by Gasteiger charge is -2.12. The first-order valence-electron chi connectivity index (χ1n) is 6.55. The van der Waals surface area contributed by atoms with Gasteiger partial charge in [0.1, 0.15) is 11.5 Å². The minimum atomic E-state index is -0.545. The van der Waals surface area contributed by atoms with Gasteiger partial charge in [-0.15, -0.1) is 0 Å². The Morgan fingerprint density at radius 3 is 2.77 bits per heavy atom. The molecule has 1 aromatic heterocycles. The average molecular weight is 301 g/mol. The van der Waals surface area contributed by atoms with E-state index in [4.69, 9.17) is 10.5 Å². The maximum absolute atomic E-state index is 11.2. The standard InChI is InChI=1S/C14H15N5O3/c1-21-14(20)19-13-17-11-6-10(7-16-12(11)18-13)22-9-4-2-8(15)3-5-9/h2-7,13,17H,15H2,1H3,(H,16,18)(H,19,20). The van der Waals surface area contributed by atoms with Gasteiger partial charge in [0.15, 0.2) is 12.1 Å². The molecule has 114 valence electrons. The number of hydrogen-bond acceptors (Lipinski definition) is 7. The SMILES string of the molecule is COC(=O)NC1Nc2cc(Oc3ccc(N)cc3)cnc2N1. The molecule has 2 aromatic rings. The third-order valence-corrected chi connectivity index (χ3v) is 3.01. The first-order valence-corrected chi connectivity index (χ1v) is 6.55. The molecule has 0 radical (unpaired) electrons. The van der Waals surface area contributed by atoms with Crippen molar-refractivity contribution in [3.05, 3.63) is 36.5 Å². The molecule has 0 aliphatic carbocycles. The van der Waals surface area contributed by atoms with E-state index in [-0.39, 0.29) is 0 Å². The van der Waals surface area contributed by atoms with Crippen LogP contribution in [0.1, 0.15) is 0 Å². The number of hydrogen-bond donors (Lipinski definition) is 4. The second kappa shape index (κ2) is 5.68. The van der Waals surface area contributed by atoms with Crippen LogP contribution in [-0.4, -0.2) is 24.5 Å². The number of benzene rings is 1. The number of aromatic nitrogens is 1. The summed E-state index contributed by atoms with van der Waals surface area (Å²) < 4.78 is 10.2. The van der Waals surface area contributed by atoms with Gasteiger partial charge in [0.05, 0.1) is 19.0 Å². The van der Waals surface area contributed by atoms with E-state index in [9.17, 15) is 4.79 Å². The van der Waals surface area contributed by atoms with Crippen molar-refractivity contribution in [3.8, 4) is 11.5 Å². The quantitative estimate of drug-likeness (QED) is 0.641. The van der Waals surface area contributed by atoms with E-state index in [1.54, 1.807) is 36.5 Å². The number of amides is 1. The first-order chi connectivity index (χ1) is 10.6. The van der Waals surface area contributed by atoms with Gasteiger partial charge in [-0.2, -0.15) is 0 Å². The number of rotatable bonds is 3. The van der Waals surface area contributed by atoms with Crippen LogP contribution >= 0.6 is 0 Å². The summed E-state index contributed by atoms with van der Waals surface area (Å²) in [5, 5.41) is 8.61. The van der Waals surface area contributed by atoms with Crippen LogP contribution in [0.5, 0.6) is 11.5 Å². The van der Waals surface area contributed by atoms with Crippen molar-refractivity contribution in [3.63, 3.8) is 0 Å². The number of alkyl carbamates (subject to hydrolysis) is 1. The number of ether oxygens (including phenoxy) is 2. The van der Waals surface area contributed by atoms with Crippen molar-refractivity contribution < 1.29 is 14.3 Å². The van der Waals surface area contributed by atoms with Crippen molar-refractivity contribution in [2.24, 2.45) is 0 Å². The third-order valence-electron chi connectivity index (χ3n) is 3.01. The summed E-state index contributed by atoms with van der Waals surface area (Å²) in [6.45, 7) is 0. The number of carbonyl (C=O) groups is 1. The second-order valence-electron chi connectivity index (χ2n) is 4.60. The number of nitrogens with two attached hydrogens (primary N) is 1. The van der Waals surface area contributed by atoms with E-state index >= 15 is 0 Å². The Morgan fingerprint density at radius 2 is 2.05 bits per heavy atom. The van der Waals surface area contributed by atoms with Gasteiger partial charge in [-0.05, 0) is 24.3 Å². The Morgan fingerprint density at radius 1 is 1.27 bits per heavy atom. The van der Waals surface area contributed by atoms with Gasteiger partial charge in [-0.25, -0.2) is 9.78 Å². The van der Waals surface area contributed by atoms with Crippen LogP contribution in [0, 0.1) is 0 Å². The number of carbonyl (C=O) groups excluding carboxylic acids is 1. The van der Waals surface area contributed by atoms with E-state index in [0.717, 1.165) is 0 Å².